The lowest BCUT2D eigenvalue weighted by molar-refractivity contribution is -0.117. The lowest BCUT2D eigenvalue weighted by atomic mass is 10.1. The lowest BCUT2D eigenvalue weighted by Gasteiger charge is -2.05. The molecule has 0 aliphatic rings. The first-order chi connectivity index (χ1) is 15.5. The molecule has 0 spiro atoms. The molecule has 1 aromatic heterocycles. The van der Waals surface area contributed by atoms with Gasteiger partial charge in [-0.05, 0) is 19.1 Å². The van der Waals surface area contributed by atoms with Gasteiger partial charge in [0.05, 0.1) is 5.69 Å². The number of carbonyl (C=O) groups excluding carboxylic acids is 3. The van der Waals surface area contributed by atoms with E-state index in [1.165, 1.54) is 0 Å². The Balaban J connectivity index is 1.54. The van der Waals surface area contributed by atoms with Crippen molar-refractivity contribution >= 4 is 17.6 Å². The van der Waals surface area contributed by atoms with E-state index in [1.54, 1.807) is 28.9 Å². The maximum Gasteiger partial charge on any atom is 0.310 e. The van der Waals surface area contributed by atoms with Crippen LogP contribution in [0.1, 0.15) is 26.5 Å². The highest BCUT2D eigenvalue weighted by Gasteiger charge is 2.21. The number of hydrazine groups is 1. The minimum absolute atomic E-state index is 0.157. The van der Waals surface area contributed by atoms with Crippen LogP contribution in [0.2, 0.25) is 0 Å². The van der Waals surface area contributed by atoms with Crippen molar-refractivity contribution in [3.8, 4) is 17.1 Å². The van der Waals surface area contributed by atoms with Gasteiger partial charge in [0.1, 0.15) is 0 Å². The van der Waals surface area contributed by atoms with Crippen LogP contribution in [0.15, 0.2) is 84.9 Å². The van der Waals surface area contributed by atoms with Gasteiger partial charge in [-0.25, -0.2) is 9.67 Å². The molecular weight excluding hydrogens is 406 g/mol. The zero-order valence-corrected chi connectivity index (χ0v) is 17.1. The molecule has 0 fully saturated rings. The molecule has 8 heteroatoms. The van der Waals surface area contributed by atoms with E-state index in [1.807, 2.05) is 67.6 Å². The van der Waals surface area contributed by atoms with Crippen molar-refractivity contribution in [1.82, 2.24) is 25.6 Å². The molecule has 32 heavy (non-hydrogen) atoms. The van der Waals surface area contributed by atoms with Gasteiger partial charge in [-0.3, -0.25) is 25.2 Å². The summed E-state index contributed by atoms with van der Waals surface area (Å²) in [6, 6.07) is 25.1. The Kier molecular flexibility index (Phi) is 5.85. The van der Waals surface area contributed by atoms with E-state index >= 15 is 0 Å². The van der Waals surface area contributed by atoms with Gasteiger partial charge in [0.2, 0.25) is 5.82 Å². The van der Waals surface area contributed by atoms with E-state index in [0.29, 0.717) is 5.82 Å². The van der Waals surface area contributed by atoms with Crippen molar-refractivity contribution in [2.75, 3.05) is 0 Å². The number of benzene rings is 3. The second-order valence-corrected chi connectivity index (χ2v) is 6.98. The van der Waals surface area contributed by atoms with Gasteiger partial charge in [-0.1, -0.05) is 78.4 Å². The topological polar surface area (TPSA) is 106 Å². The fraction of sp³-hybridized carbons (Fsp3) is 0.0417. The quantitative estimate of drug-likeness (QED) is 0.291. The average Bonchev–Trinajstić information content (AvgIpc) is 3.29. The molecule has 0 atom stereocenters. The second kappa shape index (κ2) is 9.05. The molecule has 8 nitrogen and oxygen atoms in total. The highest BCUT2D eigenvalue weighted by Crippen LogP contribution is 2.20. The number of aryl methyl sites for hydroxylation is 1. The van der Waals surface area contributed by atoms with Crippen LogP contribution in [0.5, 0.6) is 0 Å². The van der Waals surface area contributed by atoms with Crippen LogP contribution in [0.3, 0.4) is 0 Å². The number of Topliss-reactive ketones (excluding diaryl/α,β-unsaturated/α-hetero) is 1. The molecule has 4 aromatic rings. The van der Waals surface area contributed by atoms with Gasteiger partial charge >= 0.3 is 11.8 Å². The van der Waals surface area contributed by atoms with Gasteiger partial charge in [0.15, 0.2) is 5.82 Å². The molecule has 0 aliphatic carbocycles. The normalized spacial score (nSPS) is 10.4. The Hall–Kier alpha value is -4.59. The van der Waals surface area contributed by atoms with E-state index in [2.05, 4.69) is 20.9 Å². The van der Waals surface area contributed by atoms with E-state index in [4.69, 9.17) is 0 Å². The van der Waals surface area contributed by atoms with Crippen molar-refractivity contribution in [1.29, 1.82) is 0 Å². The van der Waals surface area contributed by atoms with E-state index in [-0.39, 0.29) is 11.4 Å². The Morgan fingerprint density at radius 1 is 0.781 bits per heavy atom. The maximum atomic E-state index is 12.6. The smallest absolute Gasteiger partial charge is 0.283 e. The molecule has 158 valence electrons. The van der Waals surface area contributed by atoms with Crippen LogP contribution in [-0.2, 0) is 4.79 Å². The molecule has 0 bridgehead atoms. The number of hydrogen-bond acceptors (Lipinski definition) is 5. The Morgan fingerprint density at radius 3 is 2.06 bits per heavy atom. The first-order valence-corrected chi connectivity index (χ1v) is 9.82. The monoisotopic (exact) mass is 425 g/mol. The van der Waals surface area contributed by atoms with Crippen LogP contribution in [-0.4, -0.2) is 32.4 Å². The van der Waals surface area contributed by atoms with Crippen LogP contribution >= 0.6 is 0 Å². The number of ketones is 1. The Morgan fingerprint density at radius 2 is 1.41 bits per heavy atom. The molecular formula is C24H19N5O3. The predicted octanol–water partition coefficient (Wildman–Crippen LogP) is 2.89. The van der Waals surface area contributed by atoms with Crippen LogP contribution in [0.4, 0.5) is 0 Å². The first kappa shape index (κ1) is 20.7. The van der Waals surface area contributed by atoms with Crippen LogP contribution in [0.25, 0.3) is 17.1 Å². The summed E-state index contributed by atoms with van der Waals surface area (Å²) < 4.78 is 1.55. The average molecular weight is 425 g/mol. The number of nitrogens with zero attached hydrogens (tertiary/aromatic N) is 3. The number of carbonyl (C=O) groups is 3. The number of hydrogen-bond donors (Lipinski definition) is 2. The van der Waals surface area contributed by atoms with Crippen molar-refractivity contribution in [2.45, 2.75) is 6.92 Å². The van der Waals surface area contributed by atoms with E-state index in [0.717, 1.165) is 16.8 Å². The summed E-state index contributed by atoms with van der Waals surface area (Å²) in [5.41, 5.74) is 7.00. The minimum Gasteiger partial charge on any atom is -0.283 e. The molecule has 0 saturated carbocycles. The zero-order chi connectivity index (χ0) is 22.5. The van der Waals surface area contributed by atoms with E-state index in [9.17, 15) is 14.4 Å². The zero-order valence-electron chi connectivity index (χ0n) is 17.1. The van der Waals surface area contributed by atoms with E-state index < -0.39 is 17.6 Å². The predicted molar refractivity (Wildman–Crippen MR) is 118 cm³/mol. The Bertz CT molecular complexity index is 1210. The fourth-order valence-corrected chi connectivity index (χ4v) is 2.99. The van der Waals surface area contributed by atoms with Gasteiger partial charge < -0.3 is 0 Å². The SMILES string of the molecule is Cc1ccc(C(=O)C(=O)NNC(=O)c2nc(-c3ccccc3)n(-c3ccccc3)n2)cc1. The number of aromatic nitrogens is 3. The highest BCUT2D eigenvalue weighted by atomic mass is 16.2. The van der Waals surface area contributed by atoms with Crippen LogP contribution in [0, 0.1) is 6.92 Å². The summed E-state index contributed by atoms with van der Waals surface area (Å²) in [5, 5.41) is 4.30. The molecule has 1 heterocycles. The third-order valence-corrected chi connectivity index (χ3v) is 4.65. The second-order valence-electron chi connectivity index (χ2n) is 6.98. The van der Waals surface area contributed by atoms with Crippen LogP contribution < -0.4 is 10.9 Å². The third-order valence-electron chi connectivity index (χ3n) is 4.65. The minimum atomic E-state index is -0.965. The third kappa shape index (κ3) is 4.44. The summed E-state index contributed by atoms with van der Waals surface area (Å²) in [7, 11) is 0. The summed E-state index contributed by atoms with van der Waals surface area (Å²) in [5.74, 6) is -2.17. The largest absolute Gasteiger partial charge is 0.310 e. The molecule has 0 radical (unpaired) electrons. The standard InChI is InChI=1S/C24H19N5O3/c1-16-12-14-17(15-13-16)20(30)23(31)26-27-24(32)21-25-22(18-8-4-2-5-9-18)29(28-21)19-10-6-3-7-11-19/h2-15H,1H3,(H,26,31)(H,27,32). The number of para-hydroxylation sites is 1. The van der Waals surface area contributed by atoms with Crippen molar-refractivity contribution in [3.63, 3.8) is 0 Å². The Labute approximate surface area is 183 Å². The van der Waals surface area contributed by atoms with Crippen molar-refractivity contribution < 1.29 is 14.4 Å². The molecule has 0 aliphatic heterocycles. The maximum absolute atomic E-state index is 12.6. The van der Waals surface area contributed by atoms with Gasteiger partial charge in [-0.2, -0.15) is 0 Å². The van der Waals surface area contributed by atoms with Gasteiger partial charge in [-0.15, -0.1) is 5.10 Å². The summed E-state index contributed by atoms with van der Waals surface area (Å²) in [6.45, 7) is 1.87. The summed E-state index contributed by atoms with van der Waals surface area (Å²) in [6.07, 6.45) is 0. The molecule has 2 amide bonds. The lowest BCUT2D eigenvalue weighted by Crippen LogP contribution is -2.45. The fourth-order valence-electron chi connectivity index (χ4n) is 2.99. The molecule has 0 unspecified atom stereocenters. The van der Waals surface area contributed by atoms with Gasteiger partial charge in [0.25, 0.3) is 5.78 Å². The van der Waals surface area contributed by atoms with Crippen molar-refractivity contribution in [2.24, 2.45) is 0 Å². The number of rotatable bonds is 5. The summed E-state index contributed by atoms with van der Waals surface area (Å²) in [4.78, 5) is 41.3. The van der Waals surface area contributed by atoms with Crippen molar-refractivity contribution in [3.05, 3.63) is 102 Å². The van der Waals surface area contributed by atoms with Gasteiger partial charge in [0, 0.05) is 11.1 Å². The number of nitrogens with one attached hydrogen (secondary N) is 2. The molecule has 3 aromatic carbocycles. The summed E-state index contributed by atoms with van der Waals surface area (Å²) >= 11 is 0. The highest BCUT2D eigenvalue weighted by molar-refractivity contribution is 6.42. The first-order valence-electron chi connectivity index (χ1n) is 9.82. The molecule has 2 N–H and O–H groups in total. The molecule has 4 rings (SSSR count). The number of amides is 2. The molecule has 0 saturated heterocycles.